The fourth-order valence-electron chi connectivity index (χ4n) is 1.78. The Hall–Kier alpha value is -1.96. The van der Waals surface area contributed by atoms with E-state index in [4.69, 9.17) is 4.74 Å². The molecule has 2 nitrogen and oxygen atoms in total. The molecule has 2 rings (SSSR count). The minimum absolute atomic E-state index is 0.874. The molecule has 0 aliphatic heterocycles. The lowest BCUT2D eigenvalue weighted by atomic mass is 10.1. The van der Waals surface area contributed by atoms with Gasteiger partial charge < -0.3 is 10.1 Å². The van der Waals surface area contributed by atoms with Crippen LogP contribution in [0.3, 0.4) is 0 Å². The highest BCUT2D eigenvalue weighted by Gasteiger charge is 2.00. The molecule has 0 bridgehead atoms. The molecule has 2 aromatic rings. The van der Waals surface area contributed by atoms with E-state index in [0.717, 1.165) is 17.9 Å². The highest BCUT2D eigenvalue weighted by atomic mass is 16.5. The fourth-order valence-corrected chi connectivity index (χ4v) is 1.78. The molecule has 0 amide bonds. The number of nitrogens with one attached hydrogen (secondary N) is 1. The van der Waals surface area contributed by atoms with Crippen molar-refractivity contribution in [2.45, 2.75) is 13.3 Å². The van der Waals surface area contributed by atoms with Crippen LogP contribution in [0.2, 0.25) is 0 Å². The molecule has 88 valence electrons. The average molecular weight is 227 g/mol. The van der Waals surface area contributed by atoms with Gasteiger partial charge in [0.15, 0.2) is 0 Å². The van der Waals surface area contributed by atoms with Gasteiger partial charge in [0, 0.05) is 11.4 Å². The quantitative estimate of drug-likeness (QED) is 0.852. The number of hydrogen-bond donors (Lipinski definition) is 1. The molecule has 0 saturated carbocycles. The zero-order chi connectivity index (χ0) is 12.1. The highest BCUT2D eigenvalue weighted by molar-refractivity contribution is 5.63. The van der Waals surface area contributed by atoms with Crippen LogP contribution in [0.1, 0.15) is 12.5 Å². The zero-order valence-electron chi connectivity index (χ0n) is 10.2. The summed E-state index contributed by atoms with van der Waals surface area (Å²) in [4.78, 5) is 0. The van der Waals surface area contributed by atoms with Gasteiger partial charge in [0.1, 0.15) is 5.75 Å². The van der Waals surface area contributed by atoms with Crippen molar-refractivity contribution in [1.82, 2.24) is 0 Å². The molecule has 0 fully saturated rings. The minimum atomic E-state index is 0.874. The lowest BCUT2D eigenvalue weighted by Crippen LogP contribution is -1.94. The van der Waals surface area contributed by atoms with E-state index in [2.05, 4.69) is 30.4 Å². The number of anilines is 2. The lowest BCUT2D eigenvalue weighted by Gasteiger charge is -2.11. The van der Waals surface area contributed by atoms with E-state index in [1.54, 1.807) is 7.11 Å². The maximum absolute atomic E-state index is 5.14. The Bertz CT molecular complexity index is 477. The van der Waals surface area contributed by atoms with Crippen LogP contribution in [0.4, 0.5) is 11.4 Å². The average Bonchev–Trinajstić information content (AvgIpc) is 2.40. The van der Waals surface area contributed by atoms with Gasteiger partial charge in [-0.15, -0.1) is 0 Å². The summed E-state index contributed by atoms with van der Waals surface area (Å²) < 4.78 is 5.14. The Morgan fingerprint density at radius 3 is 2.35 bits per heavy atom. The molecule has 2 aromatic carbocycles. The van der Waals surface area contributed by atoms with Crippen LogP contribution >= 0.6 is 0 Å². The molecule has 0 spiro atoms. The first-order valence-electron chi connectivity index (χ1n) is 5.82. The summed E-state index contributed by atoms with van der Waals surface area (Å²) in [6.07, 6.45) is 1.03. The summed E-state index contributed by atoms with van der Waals surface area (Å²) >= 11 is 0. The van der Waals surface area contributed by atoms with Gasteiger partial charge in [-0.25, -0.2) is 0 Å². The molecule has 0 radical (unpaired) electrons. The van der Waals surface area contributed by atoms with E-state index in [1.165, 1.54) is 11.3 Å². The summed E-state index contributed by atoms with van der Waals surface area (Å²) in [6.45, 7) is 2.16. The number of rotatable bonds is 4. The zero-order valence-corrected chi connectivity index (χ0v) is 10.2. The summed E-state index contributed by atoms with van der Waals surface area (Å²) in [5.41, 5.74) is 3.56. The van der Waals surface area contributed by atoms with Crippen molar-refractivity contribution in [3.8, 4) is 5.75 Å². The van der Waals surface area contributed by atoms with Crippen molar-refractivity contribution in [2.24, 2.45) is 0 Å². The van der Waals surface area contributed by atoms with Gasteiger partial charge in [-0.2, -0.15) is 0 Å². The third kappa shape index (κ3) is 2.78. The van der Waals surface area contributed by atoms with Gasteiger partial charge in [0.25, 0.3) is 0 Å². The SMILES string of the molecule is CCc1ccccc1Nc1ccc(OC)cc1. The molecule has 0 heterocycles. The van der Waals surface area contributed by atoms with Gasteiger partial charge in [-0.3, -0.25) is 0 Å². The van der Waals surface area contributed by atoms with Crippen molar-refractivity contribution in [2.75, 3.05) is 12.4 Å². The Kier molecular flexibility index (Phi) is 3.66. The number of aryl methyl sites for hydroxylation is 1. The summed E-state index contributed by atoms with van der Waals surface area (Å²) in [5.74, 6) is 0.874. The molecule has 1 N–H and O–H groups in total. The second kappa shape index (κ2) is 5.39. The van der Waals surface area contributed by atoms with Crippen molar-refractivity contribution < 1.29 is 4.74 Å². The first-order chi connectivity index (χ1) is 8.33. The van der Waals surface area contributed by atoms with E-state index in [1.807, 2.05) is 30.3 Å². The van der Waals surface area contributed by atoms with Crippen LogP contribution in [0.15, 0.2) is 48.5 Å². The Balaban J connectivity index is 2.19. The standard InChI is InChI=1S/C15H17NO/c1-3-12-6-4-5-7-15(12)16-13-8-10-14(17-2)11-9-13/h4-11,16H,3H2,1-2H3. The van der Waals surface area contributed by atoms with E-state index in [-0.39, 0.29) is 0 Å². The van der Waals surface area contributed by atoms with Crippen molar-refractivity contribution in [3.05, 3.63) is 54.1 Å². The second-order valence-corrected chi connectivity index (χ2v) is 3.86. The molecular formula is C15H17NO. The first-order valence-corrected chi connectivity index (χ1v) is 5.82. The molecule has 2 heteroatoms. The highest BCUT2D eigenvalue weighted by Crippen LogP contribution is 2.22. The van der Waals surface area contributed by atoms with Crippen LogP contribution in [0.25, 0.3) is 0 Å². The molecule has 0 aliphatic rings. The summed E-state index contributed by atoms with van der Waals surface area (Å²) in [7, 11) is 1.68. The number of benzene rings is 2. The van der Waals surface area contributed by atoms with Gasteiger partial charge in [-0.05, 0) is 42.3 Å². The van der Waals surface area contributed by atoms with Crippen LogP contribution in [0, 0.1) is 0 Å². The van der Waals surface area contributed by atoms with Crippen molar-refractivity contribution in [1.29, 1.82) is 0 Å². The van der Waals surface area contributed by atoms with Crippen LogP contribution in [-0.2, 0) is 6.42 Å². The Labute approximate surface area is 102 Å². The van der Waals surface area contributed by atoms with Gasteiger partial charge in [-0.1, -0.05) is 25.1 Å². The topological polar surface area (TPSA) is 21.3 Å². The molecule has 17 heavy (non-hydrogen) atoms. The minimum Gasteiger partial charge on any atom is -0.497 e. The van der Waals surface area contributed by atoms with Gasteiger partial charge in [0.2, 0.25) is 0 Å². The van der Waals surface area contributed by atoms with Crippen LogP contribution < -0.4 is 10.1 Å². The monoisotopic (exact) mass is 227 g/mol. The number of para-hydroxylation sites is 1. The maximum atomic E-state index is 5.14. The van der Waals surface area contributed by atoms with Crippen molar-refractivity contribution >= 4 is 11.4 Å². The molecule has 0 saturated heterocycles. The summed E-state index contributed by atoms with van der Waals surface area (Å²) in [6, 6.07) is 16.3. The second-order valence-electron chi connectivity index (χ2n) is 3.86. The van der Waals surface area contributed by atoms with E-state index in [0.29, 0.717) is 0 Å². The maximum Gasteiger partial charge on any atom is 0.119 e. The predicted octanol–water partition coefficient (Wildman–Crippen LogP) is 4.00. The predicted molar refractivity (Wildman–Crippen MR) is 72.1 cm³/mol. The number of hydrogen-bond acceptors (Lipinski definition) is 2. The smallest absolute Gasteiger partial charge is 0.119 e. The van der Waals surface area contributed by atoms with E-state index < -0.39 is 0 Å². The first kappa shape index (κ1) is 11.5. The molecular weight excluding hydrogens is 210 g/mol. The Morgan fingerprint density at radius 2 is 1.71 bits per heavy atom. The Morgan fingerprint density at radius 1 is 1.00 bits per heavy atom. The largest absolute Gasteiger partial charge is 0.497 e. The normalized spacial score (nSPS) is 10.0. The van der Waals surface area contributed by atoms with E-state index >= 15 is 0 Å². The molecule has 0 unspecified atom stereocenters. The fraction of sp³-hybridized carbons (Fsp3) is 0.200. The third-order valence-electron chi connectivity index (χ3n) is 2.77. The number of methoxy groups -OCH3 is 1. The van der Waals surface area contributed by atoms with Gasteiger partial charge in [0.05, 0.1) is 7.11 Å². The summed E-state index contributed by atoms with van der Waals surface area (Å²) in [5, 5.41) is 3.42. The van der Waals surface area contributed by atoms with Crippen LogP contribution in [0.5, 0.6) is 5.75 Å². The molecule has 0 atom stereocenters. The van der Waals surface area contributed by atoms with Gasteiger partial charge >= 0.3 is 0 Å². The third-order valence-corrected chi connectivity index (χ3v) is 2.77. The van der Waals surface area contributed by atoms with Crippen LogP contribution in [-0.4, -0.2) is 7.11 Å². The van der Waals surface area contributed by atoms with Crippen molar-refractivity contribution in [3.63, 3.8) is 0 Å². The molecule has 0 aliphatic carbocycles. The number of ether oxygens (including phenoxy) is 1. The molecule has 0 aromatic heterocycles. The lowest BCUT2D eigenvalue weighted by molar-refractivity contribution is 0.415. The van der Waals surface area contributed by atoms with E-state index in [9.17, 15) is 0 Å².